The summed E-state index contributed by atoms with van der Waals surface area (Å²) >= 11 is 7.46. The molecular weight excluding hydrogens is 334 g/mol. The summed E-state index contributed by atoms with van der Waals surface area (Å²) in [5.74, 6) is 0.129. The Morgan fingerprint density at radius 3 is 2.91 bits per heavy atom. The molecule has 0 fully saturated rings. The Balaban J connectivity index is 2.13. The van der Waals surface area contributed by atoms with Crippen molar-refractivity contribution in [1.29, 1.82) is 5.41 Å². The number of fused-ring (bicyclic) bond motifs is 1. The van der Waals surface area contributed by atoms with Crippen molar-refractivity contribution in [3.05, 3.63) is 51.4 Å². The van der Waals surface area contributed by atoms with Gasteiger partial charge in [0.2, 0.25) is 0 Å². The van der Waals surface area contributed by atoms with E-state index in [0.717, 1.165) is 22.4 Å². The summed E-state index contributed by atoms with van der Waals surface area (Å²) in [5, 5.41) is 13.2. The van der Waals surface area contributed by atoms with Crippen LogP contribution in [0, 0.1) is 5.41 Å². The number of pyridine rings is 1. The molecule has 2 heterocycles. The summed E-state index contributed by atoms with van der Waals surface area (Å²) in [7, 11) is 3.44. The number of nitrogens with zero attached hydrogens (tertiary/aromatic N) is 2. The summed E-state index contributed by atoms with van der Waals surface area (Å²) < 4.78 is 2.66. The minimum Gasteiger partial charge on any atom is -0.362 e. The first-order chi connectivity index (χ1) is 11.0. The fraction of sp³-hybridized carbons (Fsp3) is 0.133. The first kappa shape index (κ1) is 15.5. The van der Waals surface area contributed by atoms with E-state index < -0.39 is 0 Å². The normalized spacial score (nSPS) is 10.7. The first-order valence-corrected chi connectivity index (χ1v) is 7.96. The van der Waals surface area contributed by atoms with E-state index in [1.807, 2.05) is 18.2 Å². The maximum Gasteiger partial charge on any atom is 0.271 e. The van der Waals surface area contributed by atoms with Gasteiger partial charge in [-0.25, -0.2) is 0 Å². The number of anilines is 2. The molecule has 2 aromatic heterocycles. The third-order valence-electron chi connectivity index (χ3n) is 3.36. The van der Waals surface area contributed by atoms with Crippen LogP contribution in [0.3, 0.4) is 0 Å². The van der Waals surface area contributed by atoms with Gasteiger partial charge in [0.15, 0.2) is 0 Å². The SMILES string of the molecule is CN(C)C(=N)c1c(Nc2c(Cl)ccc3ncccc23)s[nH]c1=O. The predicted molar refractivity (Wildman–Crippen MR) is 95.5 cm³/mol. The second-order valence-electron chi connectivity index (χ2n) is 5.10. The number of H-pyrrole nitrogens is 1. The van der Waals surface area contributed by atoms with Crippen molar-refractivity contribution in [2.45, 2.75) is 0 Å². The van der Waals surface area contributed by atoms with Gasteiger partial charge in [0.1, 0.15) is 16.4 Å². The number of halogens is 1. The Hall–Kier alpha value is -2.38. The molecule has 0 bridgehead atoms. The molecule has 0 saturated carbocycles. The number of amidine groups is 1. The second kappa shape index (κ2) is 6.02. The summed E-state index contributed by atoms with van der Waals surface area (Å²) in [6, 6.07) is 7.33. The first-order valence-electron chi connectivity index (χ1n) is 6.77. The lowest BCUT2D eigenvalue weighted by Gasteiger charge is -2.15. The van der Waals surface area contributed by atoms with Gasteiger partial charge in [0.25, 0.3) is 5.56 Å². The second-order valence-corrected chi connectivity index (χ2v) is 6.32. The summed E-state index contributed by atoms with van der Waals surface area (Å²) in [4.78, 5) is 17.9. The molecule has 0 aliphatic rings. The maximum absolute atomic E-state index is 12.0. The smallest absolute Gasteiger partial charge is 0.271 e. The van der Waals surface area contributed by atoms with Crippen molar-refractivity contribution in [3.8, 4) is 0 Å². The fourth-order valence-corrected chi connectivity index (χ4v) is 3.15. The number of aromatic amines is 1. The van der Waals surface area contributed by atoms with Crippen LogP contribution in [0.15, 0.2) is 35.3 Å². The summed E-state index contributed by atoms with van der Waals surface area (Å²) in [6.07, 6.45) is 1.71. The van der Waals surface area contributed by atoms with Gasteiger partial charge >= 0.3 is 0 Å². The molecule has 3 rings (SSSR count). The van der Waals surface area contributed by atoms with Gasteiger partial charge in [-0.15, -0.1) is 0 Å². The largest absolute Gasteiger partial charge is 0.362 e. The van der Waals surface area contributed by atoms with E-state index in [1.165, 1.54) is 0 Å². The third-order valence-corrected chi connectivity index (χ3v) is 4.47. The highest BCUT2D eigenvalue weighted by Gasteiger charge is 2.19. The molecule has 0 radical (unpaired) electrons. The van der Waals surface area contributed by atoms with Crippen LogP contribution in [-0.4, -0.2) is 34.2 Å². The minimum absolute atomic E-state index is 0.129. The molecule has 118 valence electrons. The highest BCUT2D eigenvalue weighted by molar-refractivity contribution is 7.10. The Kier molecular flexibility index (Phi) is 4.06. The van der Waals surface area contributed by atoms with Crippen molar-refractivity contribution in [3.63, 3.8) is 0 Å². The molecule has 3 N–H and O–H groups in total. The van der Waals surface area contributed by atoms with Crippen molar-refractivity contribution in [2.75, 3.05) is 19.4 Å². The van der Waals surface area contributed by atoms with Crippen LogP contribution in [0.2, 0.25) is 5.02 Å². The zero-order valence-corrected chi connectivity index (χ0v) is 14.0. The number of rotatable bonds is 3. The van der Waals surface area contributed by atoms with Gasteiger partial charge < -0.3 is 10.2 Å². The summed E-state index contributed by atoms with van der Waals surface area (Å²) in [5.41, 5.74) is 1.45. The molecule has 0 aliphatic carbocycles. The molecule has 0 saturated heterocycles. The standard InChI is InChI=1S/C15H14ClN5OS/c1-21(2)13(17)11-14(22)20-23-15(11)19-12-8-4-3-7-18-10(8)6-5-9(12)16/h3-7,17,19H,1-2H3,(H,20,22). The highest BCUT2D eigenvalue weighted by Crippen LogP contribution is 2.34. The van der Waals surface area contributed by atoms with E-state index in [1.54, 1.807) is 31.3 Å². The van der Waals surface area contributed by atoms with E-state index in [2.05, 4.69) is 14.7 Å². The van der Waals surface area contributed by atoms with E-state index in [4.69, 9.17) is 17.0 Å². The van der Waals surface area contributed by atoms with Gasteiger partial charge in [-0.1, -0.05) is 11.6 Å². The lowest BCUT2D eigenvalue weighted by atomic mass is 10.1. The molecule has 0 spiro atoms. The molecule has 6 nitrogen and oxygen atoms in total. The van der Waals surface area contributed by atoms with Gasteiger partial charge in [0, 0.05) is 25.7 Å². The molecule has 23 heavy (non-hydrogen) atoms. The zero-order valence-electron chi connectivity index (χ0n) is 12.5. The maximum atomic E-state index is 12.0. The van der Waals surface area contributed by atoms with Gasteiger partial charge in [-0.05, 0) is 35.8 Å². The molecule has 0 unspecified atom stereocenters. The number of hydrogen-bond donors (Lipinski definition) is 3. The fourth-order valence-electron chi connectivity index (χ4n) is 2.20. The molecule has 0 atom stereocenters. The van der Waals surface area contributed by atoms with E-state index in [-0.39, 0.29) is 17.0 Å². The molecular formula is C15H14ClN5OS. The predicted octanol–water partition coefficient (Wildman–Crippen LogP) is 3.27. The quantitative estimate of drug-likeness (QED) is 0.501. The van der Waals surface area contributed by atoms with Crippen molar-refractivity contribution >= 4 is 50.6 Å². The van der Waals surface area contributed by atoms with Crippen LogP contribution in [0.25, 0.3) is 10.9 Å². The van der Waals surface area contributed by atoms with Crippen molar-refractivity contribution in [2.24, 2.45) is 0 Å². The number of nitrogens with one attached hydrogen (secondary N) is 3. The molecule has 0 aliphatic heterocycles. The highest BCUT2D eigenvalue weighted by atomic mass is 35.5. The Labute approximate surface area is 141 Å². The molecule has 1 aromatic carbocycles. The molecule has 0 amide bonds. The minimum atomic E-state index is -0.300. The van der Waals surface area contributed by atoms with Crippen LogP contribution in [0.1, 0.15) is 5.56 Å². The van der Waals surface area contributed by atoms with E-state index in [0.29, 0.717) is 15.7 Å². The summed E-state index contributed by atoms with van der Waals surface area (Å²) in [6.45, 7) is 0. The van der Waals surface area contributed by atoms with Crippen molar-refractivity contribution < 1.29 is 0 Å². The van der Waals surface area contributed by atoms with Crippen LogP contribution >= 0.6 is 23.1 Å². The van der Waals surface area contributed by atoms with Crippen LogP contribution in [-0.2, 0) is 0 Å². The monoisotopic (exact) mass is 347 g/mol. The van der Waals surface area contributed by atoms with E-state index >= 15 is 0 Å². The Morgan fingerprint density at radius 1 is 1.39 bits per heavy atom. The third kappa shape index (κ3) is 2.80. The topological polar surface area (TPSA) is 84.9 Å². The van der Waals surface area contributed by atoms with Crippen LogP contribution in [0.4, 0.5) is 10.7 Å². The Morgan fingerprint density at radius 2 is 2.17 bits per heavy atom. The van der Waals surface area contributed by atoms with Crippen LogP contribution < -0.4 is 10.9 Å². The average molecular weight is 348 g/mol. The molecule has 8 heteroatoms. The Bertz CT molecular complexity index is 946. The van der Waals surface area contributed by atoms with Gasteiger partial charge in [0.05, 0.1) is 16.2 Å². The number of benzene rings is 1. The molecule has 3 aromatic rings. The van der Waals surface area contributed by atoms with Gasteiger partial charge in [-0.3, -0.25) is 19.6 Å². The van der Waals surface area contributed by atoms with Crippen LogP contribution in [0.5, 0.6) is 0 Å². The number of hydrogen-bond acceptors (Lipinski definition) is 5. The van der Waals surface area contributed by atoms with Gasteiger partial charge in [-0.2, -0.15) is 0 Å². The number of aromatic nitrogens is 2. The lowest BCUT2D eigenvalue weighted by molar-refractivity contribution is 0.619. The van der Waals surface area contributed by atoms with Crippen molar-refractivity contribution in [1.82, 2.24) is 14.3 Å². The lowest BCUT2D eigenvalue weighted by Crippen LogP contribution is -2.27. The van der Waals surface area contributed by atoms with E-state index in [9.17, 15) is 4.79 Å². The zero-order chi connectivity index (χ0) is 16.6. The average Bonchev–Trinajstić information content (AvgIpc) is 2.90.